The van der Waals surface area contributed by atoms with Crippen LogP contribution in [0.15, 0.2) is 34.9 Å². The van der Waals surface area contributed by atoms with Crippen LogP contribution in [0.2, 0.25) is 0 Å². The molecule has 0 radical (unpaired) electrons. The number of aromatic nitrogens is 2. The first-order valence-electron chi connectivity index (χ1n) is 8.10. The van der Waals surface area contributed by atoms with Gasteiger partial charge in [-0.15, -0.1) is 12.4 Å². The fraction of sp³-hybridized carbons (Fsp3) is 0.529. The molecule has 0 saturated carbocycles. The quantitative estimate of drug-likeness (QED) is 0.909. The zero-order valence-electron chi connectivity index (χ0n) is 13.0. The van der Waals surface area contributed by atoms with Crippen LogP contribution in [0.25, 0.3) is 0 Å². The average Bonchev–Trinajstić information content (AvgIpc) is 3.13. The van der Waals surface area contributed by atoms with E-state index in [9.17, 15) is 0 Å². The highest BCUT2D eigenvalue weighted by Gasteiger charge is 2.34. The van der Waals surface area contributed by atoms with Crippen LogP contribution in [-0.4, -0.2) is 22.2 Å². The number of para-hydroxylation sites is 1. The predicted molar refractivity (Wildman–Crippen MR) is 88.7 cm³/mol. The lowest BCUT2D eigenvalue weighted by Crippen LogP contribution is -2.38. The lowest BCUT2D eigenvalue weighted by molar-refractivity contribution is 0.266. The number of nitrogens with one attached hydrogen (secondary N) is 1. The van der Waals surface area contributed by atoms with E-state index in [-0.39, 0.29) is 12.4 Å². The molecule has 2 aromatic rings. The number of piperidine rings is 1. The molecule has 0 amide bonds. The van der Waals surface area contributed by atoms with Crippen molar-refractivity contribution in [1.29, 1.82) is 0 Å². The molecule has 0 spiro atoms. The largest absolute Gasteiger partial charge is 0.485 e. The van der Waals surface area contributed by atoms with Gasteiger partial charge in [0.15, 0.2) is 6.61 Å². The zero-order valence-corrected chi connectivity index (χ0v) is 13.8. The van der Waals surface area contributed by atoms with Crippen molar-refractivity contribution < 1.29 is 9.26 Å². The lowest BCUT2D eigenvalue weighted by atomic mass is 9.90. The van der Waals surface area contributed by atoms with Crippen LogP contribution in [0.5, 0.6) is 5.75 Å². The molecule has 5 nitrogen and oxygen atoms in total. The molecule has 1 N–H and O–H groups in total. The number of hydrogen-bond donors (Lipinski definition) is 1. The topological polar surface area (TPSA) is 60.2 Å². The molecule has 0 aliphatic carbocycles. The van der Waals surface area contributed by atoms with Gasteiger partial charge in [0.05, 0.1) is 0 Å². The maximum absolute atomic E-state index is 5.64. The summed E-state index contributed by atoms with van der Waals surface area (Å²) >= 11 is 0. The highest BCUT2D eigenvalue weighted by molar-refractivity contribution is 5.85. The third kappa shape index (κ3) is 4.03. The fourth-order valence-corrected chi connectivity index (χ4v) is 3.69. The van der Waals surface area contributed by atoms with Gasteiger partial charge in [-0.25, -0.2) is 0 Å². The molecule has 2 saturated heterocycles. The van der Waals surface area contributed by atoms with Gasteiger partial charge in [0.1, 0.15) is 5.75 Å². The van der Waals surface area contributed by atoms with E-state index in [1.54, 1.807) is 0 Å². The maximum Gasteiger partial charge on any atom is 0.227 e. The Labute approximate surface area is 142 Å². The van der Waals surface area contributed by atoms with Crippen LogP contribution in [0.4, 0.5) is 0 Å². The summed E-state index contributed by atoms with van der Waals surface area (Å²) in [5, 5.41) is 7.69. The lowest BCUT2D eigenvalue weighted by Gasteiger charge is -2.27. The Bertz CT molecular complexity index is 607. The van der Waals surface area contributed by atoms with Crippen molar-refractivity contribution in [2.24, 2.45) is 5.92 Å². The van der Waals surface area contributed by atoms with Crippen LogP contribution in [0.1, 0.15) is 37.4 Å². The Balaban J connectivity index is 0.00000156. The molecule has 3 heterocycles. The van der Waals surface area contributed by atoms with Gasteiger partial charge in [0.2, 0.25) is 11.7 Å². The van der Waals surface area contributed by atoms with Gasteiger partial charge in [-0.1, -0.05) is 23.4 Å². The summed E-state index contributed by atoms with van der Waals surface area (Å²) in [6.45, 7) is 0.352. The molecular weight excluding hydrogens is 314 g/mol. The number of rotatable bonds is 5. The first-order valence-corrected chi connectivity index (χ1v) is 8.10. The molecular formula is C17H22ClN3O2. The second-order valence-corrected chi connectivity index (χ2v) is 6.39. The summed E-state index contributed by atoms with van der Waals surface area (Å²) in [5.74, 6) is 2.86. The minimum atomic E-state index is 0. The predicted octanol–water partition coefficient (Wildman–Crippen LogP) is 3.14. The molecule has 124 valence electrons. The van der Waals surface area contributed by atoms with E-state index >= 15 is 0 Å². The molecule has 2 fully saturated rings. The van der Waals surface area contributed by atoms with E-state index in [4.69, 9.17) is 9.26 Å². The van der Waals surface area contributed by atoms with Gasteiger partial charge in [-0.2, -0.15) is 4.98 Å². The molecule has 23 heavy (non-hydrogen) atoms. The Hall–Kier alpha value is -1.59. The third-order valence-corrected chi connectivity index (χ3v) is 4.66. The van der Waals surface area contributed by atoms with Crippen LogP contribution >= 0.6 is 12.4 Å². The van der Waals surface area contributed by atoms with Crippen LogP contribution in [0.3, 0.4) is 0 Å². The summed E-state index contributed by atoms with van der Waals surface area (Å²) in [5.41, 5.74) is 0. The Morgan fingerprint density at radius 1 is 1.13 bits per heavy atom. The molecule has 6 heteroatoms. The van der Waals surface area contributed by atoms with E-state index in [2.05, 4.69) is 15.5 Å². The maximum atomic E-state index is 5.64. The number of nitrogens with zero attached hydrogens (tertiary/aromatic N) is 2. The number of fused-ring (bicyclic) bond motifs is 2. The highest BCUT2D eigenvalue weighted by Crippen LogP contribution is 2.32. The first-order chi connectivity index (χ1) is 10.8. The van der Waals surface area contributed by atoms with Crippen LogP contribution in [0, 0.1) is 5.92 Å². The van der Waals surface area contributed by atoms with Gasteiger partial charge in [0, 0.05) is 18.5 Å². The number of ether oxygens (including phenoxy) is 1. The summed E-state index contributed by atoms with van der Waals surface area (Å²) in [6, 6.07) is 11.1. The van der Waals surface area contributed by atoms with Crippen LogP contribution < -0.4 is 10.1 Å². The molecule has 2 atom stereocenters. The van der Waals surface area contributed by atoms with E-state index in [1.165, 1.54) is 25.7 Å². The normalized spacial score (nSPS) is 25.8. The summed E-state index contributed by atoms with van der Waals surface area (Å²) in [6.07, 6.45) is 6.00. The minimum Gasteiger partial charge on any atom is -0.485 e. The van der Waals surface area contributed by atoms with Crippen molar-refractivity contribution in [2.45, 2.75) is 50.8 Å². The molecule has 4 rings (SSSR count). The average molecular weight is 336 g/mol. The molecule has 1 aromatic heterocycles. The fourth-order valence-electron chi connectivity index (χ4n) is 3.69. The molecule has 2 unspecified atom stereocenters. The second kappa shape index (κ2) is 7.32. The Morgan fingerprint density at radius 3 is 2.61 bits per heavy atom. The minimum absolute atomic E-state index is 0. The molecule has 2 aliphatic rings. The summed E-state index contributed by atoms with van der Waals surface area (Å²) < 4.78 is 11.0. The molecule has 2 aliphatic heterocycles. The Morgan fingerprint density at radius 2 is 1.87 bits per heavy atom. The standard InChI is InChI=1S/C17H21N3O2.ClH/c1-2-4-15(5-3-1)21-11-16-19-17(22-20-16)10-12-8-13-6-7-14(9-12)18-13;/h1-5,12-14,18H,6-11H2;1H. The van der Waals surface area contributed by atoms with Crippen molar-refractivity contribution in [1.82, 2.24) is 15.5 Å². The SMILES string of the molecule is Cl.c1ccc(OCc2noc(CC3CC4CCC(C3)N4)n2)cc1. The molecule has 2 bridgehead atoms. The zero-order chi connectivity index (χ0) is 14.8. The van der Waals surface area contributed by atoms with Gasteiger partial charge in [-0.05, 0) is 43.7 Å². The van der Waals surface area contributed by atoms with Crippen molar-refractivity contribution in [3.8, 4) is 5.75 Å². The van der Waals surface area contributed by atoms with Crippen molar-refractivity contribution in [2.75, 3.05) is 0 Å². The van der Waals surface area contributed by atoms with E-state index in [0.29, 0.717) is 30.4 Å². The number of halogens is 1. The third-order valence-electron chi connectivity index (χ3n) is 4.66. The van der Waals surface area contributed by atoms with Gasteiger partial charge in [0.25, 0.3) is 0 Å². The molecule has 1 aromatic carbocycles. The summed E-state index contributed by atoms with van der Waals surface area (Å²) in [4.78, 5) is 4.47. The van der Waals surface area contributed by atoms with Gasteiger partial charge >= 0.3 is 0 Å². The van der Waals surface area contributed by atoms with Crippen LogP contribution in [-0.2, 0) is 13.0 Å². The van der Waals surface area contributed by atoms with Gasteiger partial charge in [-0.3, -0.25) is 0 Å². The van der Waals surface area contributed by atoms with Crippen molar-refractivity contribution in [3.05, 3.63) is 42.0 Å². The van der Waals surface area contributed by atoms with Crippen molar-refractivity contribution in [3.63, 3.8) is 0 Å². The van der Waals surface area contributed by atoms with Gasteiger partial charge < -0.3 is 14.6 Å². The summed E-state index contributed by atoms with van der Waals surface area (Å²) in [7, 11) is 0. The van der Waals surface area contributed by atoms with Crippen molar-refractivity contribution >= 4 is 12.4 Å². The smallest absolute Gasteiger partial charge is 0.227 e. The monoisotopic (exact) mass is 335 g/mol. The van der Waals surface area contributed by atoms with E-state index < -0.39 is 0 Å². The van der Waals surface area contributed by atoms with E-state index in [1.807, 2.05) is 30.3 Å². The second-order valence-electron chi connectivity index (χ2n) is 6.39. The Kier molecular flexibility index (Phi) is 5.18. The number of benzene rings is 1. The van der Waals surface area contributed by atoms with E-state index in [0.717, 1.165) is 18.1 Å². The number of hydrogen-bond acceptors (Lipinski definition) is 5. The first kappa shape index (κ1) is 16.3. The highest BCUT2D eigenvalue weighted by atomic mass is 35.5.